The van der Waals surface area contributed by atoms with E-state index in [1.54, 1.807) is 6.20 Å². The Bertz CT molecular complexity index is 389. The molecule has 0 saturated carbocycles. The van der Waals surface area contributed by atoms with Crippen LogP contribution in [0.4, 0.5) is 11.5 Å². The number of nitrogen functional groups attached to an aromatic ring is 1. The number of pyridine rings is 1. The van der Waals surface area contributed by atoms with Gasteiger partial charge in [-0.3, -0.25) is 0 Å². The summed E-state index contributed by atoms with van der Waals surface area (Å²) in [6.45, 7) is 3.74. The summed E-state index contributed by atoms with van der Waals surface area (Å²) in [7, 11) is 0. The van der Waals surface area contributed by atoms with Crippen molar-refractivity contribution in [2.75, 3.05) is 23.7 Å². The number of aliphatic hydroxyl groups excluding tert-OH is 1. The Morgan fingerprint density at radius 1 is 1.53 bits per heavy atom. The maximum atomic E-state index is 9.57. The fourth-order valence-corrected chi connectivity index (χ4v) is 2.89. The van der Waals surface area contributed by atoms with Gasteiger partial charge in [-0.2, -0.15) is 0 Å². The van der Waals surface area contributed by atoms with Crippen molar-refractivity contribution < 1.29 is 5.11 Å². The number of rotatable bonds is 2. The van der Waals surface area contributed by atoms with Gasteiger partial charge in [-0.1, -0.05) is 0 Å². The molecule has 94 valence electrons. The molecule has 1 aliphatic heterocycles. The number of nitrogens with zero attached hydrogens (tertiary/aromatic N) is 2. The molecule has 1 aliphatic rings. The van der Waals surface area contributed by atoms with Crippen LogP contribution in [0, 0.1) is 5.92 Å². The normalized spacial score (nSPS) is 19.4. The molecule has 1 fully saturated rings. The van der Waals surface area contributed by atoms with Crippen LogP contribution in [0.5, 0.6) is 0 Å². The molecule has 1 atom stereocenters. The van der Waals surface area contributed by atoms with Gasteiger partial charge in [0.25, 0.3) is 0 Å². The van der Waals surface area contributed by atoms with Gasteiger partial charge in [-0.15, -0.1) is 0 Å². The number of hydrogen-bond acceptors (Lipinski definition) is 4. The Labute approximate surface area is 110 Å². The zero-order valence-corrected chi connectivity index (χ0v) is 11.5. The van der Waals surface area contributed by atoms with Crippen molar-refractivity contribution in [3.8, 4) is 0 Å². The number of aliphatic hydroxyl groups is 1. The van der Waals surface area contributed by atoms with Crippen LogP contribution in [-0.2, 0) is 0 Å². The molecule has 0 aliphatic carbocycles. The van der Waals surface area contributed by atoms with Crippen LogP contribution >= 0.6 is 15.9 Å². The smallest absolute Gasteiger partial charge is 0.143 e. The van der Waals surface area contributed by atoms with Gasteiger partial charge >= 0.3 is 0 Å². The van der Waals surface area contributed by atoms with E-state index in [1.807, 2.05) is 13.0 Å². The fourth-order valence-electron chi connectivity index (χ4n) is 2.27. The van der Waals surface area contributed by atoms with E-state index in [4.69, 9.17) is 5.73 Å². The van der Waals surface area contributed by atoms with Crippen molar-refractivity contribution >= 4 is 27.4 Å². The first-order valence-electron chi connectivity index (χ1n) is 5.92. The summed E-state index contributed by atoms with van der Waals surface area (Å²) in [6.07, 6.45) is 3.49. The number of piperidine rings is 1. The largest absolute Gasteiger partial charge is 0.397 e. The minimum Gasteiger partial charge on any atom is -0.397 e. The lowest BCUT2D eigenvalue weighted by molar-refractivity contribution is 0.109. The molecule has 0 spiro atoms. The summed E-state index contributed by atoms with van der Waals surface area (Å²) in [6, 6.07) is 1.88. The summed E-state index contributed by atoms with van der Waals surface area (Å²) in [5.74, 6) is 1.36. The molecule has 2 rings (SSSR count). The quantitative estimate of drug-likeness (QED) is 0.877. The molecule has 0 amide bonds. The van der Waals surface area contributed by atoms with Crippen molar-refractivity contribution in [3.05, 3.63) is 16.7 Å². The summed E-state index contributed by atoms with van der Waals surface area (Å²) in [5, 5.41) is 9.57. The standard InChI is InChI=1S/C12H18BrN3O/c1-8(17)9-2-4-16(5-3-9)12-11(13)6-10(14)7-15-12/h6-9,17H,2-5,14H2,1H3. The lowest BCUT2D eigenvalue weighted by atomic mass is 9.92. The van der Waals surface area contributed by atoms with E-state index in [-0.39, 0.29) is 6.10 Å². The second-order valence-corrected chi connectivity index (χ2v) is 5.49. The second kappa shape index (κ2) is 5.23. The van der Waals surface area contributed by atoms with Gasteiger partial charge in [0.2, 0.25) is 0 Å². The van der Waals surface area contributed by atoms with Gasteiger partial charge < -0.3 is 15.7 Å². The lowest BCUT2D eigenvalue weighted by Crippen LogP contribution is -2.37. The highest BCUT2D eigenvalue weighted by Gasteiger charge is 2.24. The highest BCUT2D eigenvalue weighted by molar-refractivity contribution is 9.10. The Morgan fingerprint density at radius 3 is 2.71 bits per heavy atom. The highest BCUT2D eigenvalue weighted by atomic mass is 79.9. The van der Waals surface area contributed by atoms with Crippen molar-refractivity contribution in [3.63, 3.8) is 0 Å². The SMILES string of the molecule is CC(O)C1CCN(c2ncc(N)cc2Br)CC1. The third-order valence-electron chi connectivity index (χ3n) is 3.36. The van der Waals surface area contributed by atoms with Crippen LogP contribution in [0.25, 0.3) is 0 Å². The molecule has 1 saturated heterocycles. The summed E-state index contributed by atoms with van der Waals surface area (Å²) >= 11 is 3.49. The number of aromatic nitrogens is 1. The van der Waals surface area contributed by atoms with E-state index in [9.17, 15) is 5.11 Å². The molecular formula is C12H18BrN3O. The van der Waals surface area contributed by atoms with Gasteiger partial charge in [0.15, 0.2) is 0 Å². The molecule has 0 radical (unpaired) electrons. The molecule has 5 heteroatoms. The second-order valence-electron chi connectivity index (χ2n) is 4.64. The van der Waals surface area contributed by atoms with Crippen molar-refractivity contribution in [2.45, 2.75) is 25.9 Å². The van der Waals surface area contributed by atoms with E-state index >= 15 is 0 Å². The number of halogens is 1. The molecule has 2 heterocycles. The highest BCUT2D eigenvalue weighted by Crippen LogP contribution is 2.30. The van der Waals surface area contributed by atoms with Crippen LogP contribution < -0.4 is 10.6 Å². The predicted molar refractivity (Wildman–Crippen MR) is 73.0 cm³/mol. The minimum absolute atomic E-state index is 0.208. The predicted octanol–water partition coefficient (Wildman–Crippen LogP) is 2.02. The van der Waals surface area contributed by atoms with Gasteiger partial charge in [0.05, 0.1) is 22.5 Å². The zero-order valence-electron chi connectivity index (χ0n) is 9.93. The maximum Gasteiger partial charge on any atom is 0.143 e. The Morgan fingerprint density at radius 2 is 2.18 bits per heavy atom. The van der Waals surface area contributed by atoms with Crippen molar-refractivity contribution in [1.82, 2.24) is 4.98 Å². The molecule has 1 aromatic heterocycles. The van der Waals surface area contributed by atoms with Gasteiger partial charge in [0, 0.05) is 13.1 Å². The van der Waals surface area contributed by atoms with Crippen LogP contribution in [0.2, 0.25) is 0 Å². The monoisotopic (exact) mass is 299 g/mol. The average Bonchev–Trinajstić information content (AvgIpc) is 2.29. The Kier molecular flexibility index (Phi) is 3.89. The molecule has 0 aromatic carbocycles. The minimum atomic E-state index is -0.208. The van der Waals surface area contributed by atoms with E-state index in [1.165, 1.54) is 0 Å². The number of hydrogen-bond donors (Lipinski definition) is 2. The first kappa shape index (κ1) is 12.6. The van der Waals surface area contributed by atoms with Gasteiger partial charge in [-0.05, 0) is 47.7 Å². The Hall–Kier alpha value is -0.810. The molecule has 17 heavy (non-hydrogen) atoms. The van der Waals surface area contributed by atoms with Crippen LogP contribution in [0.15, 0.2) is 16.7 Å². The number of anilines is 2. The van der Waals surface area contributed by atoms with E-state index in [2.05, 4.69) is 25.8 Å². The fraction of sp³-hybridized carbons (Fsp3) is 0.583. The third-order valence-corrected chi connectivity index (χ3v) is 3.95. The van der Waals surface area contributed by atoms with E-state index in [0.717, 1.165) is 36.2 Å². The zero-order chi connectivity index (χ0) is 12.4. The summed E-state index contributed by atoms with van der Waals surface area (Å²) < 4.78 is 0.938. The third kappa shape index (κ3) is 2.90. The molecule has 4 nitrogen and oxygen atoms in total. The maximum absolute atomic E-state index is 9.57. The summed E-state index contributed by atoms with van der Waals surface area (Å²) in [4.78, 5) is 6.60. The first-order valence-corrected chi connectivity index (χ1v) is 6.71. The number of nitrogens with two attached hydrogens (primary N) is 1. The van der Waals surface area contributed by atoms with Gasteiger partial charge in [0.1, 0.15) is 5.82 Å². The first-order chi connectivity index (χ1) is 8.08. The average molecular weight is 300 g/mol. The lowest BCUT2D eigenvalue weighted by Gasteiger charge is -2.34. The van der Waals surface area contributed by atoms with Crippen LogP contribution in [-0.4, -0.2) is 29.3 Å². The van der Waals surface area contributed by atoms with E-state index < -0.39 is 0 Å². The molecule has 1 aromatic rings. The topological polar surface area (TPSA) is 62.4 Å². The van der Waals surface area contributed by atoms with Crippen molar-refractivity contribution in [1.29, 1.82) is 0 Å². The van der Waals surface area contributed by atoms with Crippen LogP contribution in [0.1, 0.15) is 19.8 Å². The Balaban J connectivity index is 2.05. The molecule has 1 unspecified atom stereocenters. The van der Waals surface area contributed by atoms with Crippen LogP contribution in [0.3, 0.4) is 0 Å². The van der Waals surface area contributed by atoms with Gasteiger partial charge in [-0.25, -0.2) is 4.98 Å². The molecule has 3 N–H and O–H groups in total. The molecular weight excluding hydrogens is 282 g/mol. The molecule has 0 bridgehead atoms. The van der Waals surface area contributed by atoms with Crippen molar-refractivity contribution in [2.24, 2.45) is 5.92 Å². The summed E-state index contributed by atoms with van der Waals surface area (Å²) in [5.41, 5.74) is 6.34. The van der Waals surface area contributed by atoms with E-state index in [0.29, 0.717) is 11.6 Å².